The Bertz CT molecular complexity index is 2000. The lowest BCUT2D eigenvalue weighted by Crippen LogP contribution is -2.35. The number of aromatic nitrogens is 2. The van der Waals surface area contributed by atoms with Crippen molar-refractivity contribution >= 4 is 66.6 Å². The average molecular weight is 673 g/mol. The maximum absolute atomic E-state index is 2.47. The molecule has 2 aliphatic rings. The van der Waals surface area contributed by atoms with Crippen LogP contribution in [0.1, 0.15) is 76.5 Å². The summed E-state index contributed by atoms with van der Waals surface area (Å²) in [5.74, 6) is 0. The van der Waals surface area contributed by atoms with E-state index in [1.165, 1.54) is 64.3 Å². The largest absolute Gasteiger partial charge is 0.344 e. The number of benzene rings is 3. The van der Waals surface area contributed by atoms with Gasteiger partial charge in [-0.15, -0.1) is 0 Å². The number of hydrogen-bond donors (Lipinski definition) is 0. The maximum atomic E-state index is 2.47. The summed E-state index contributed by atoms with van der Waals surface area (Å²) < 4.78 is 7.62. The Morgan fingerprint density at radius 1 is 0.604 bits per heavy atom. The zero-order valence-corrected chi connectivity index (χ0v) is 31.3. The van der Waals surface area contributed by atoms with Crippen molar-refractivity contribution in [3.63, 3.8) is 0 Å². The van der Waals surface area contributed by atoms with E-state index in [-0.39, 0.29) is 10.8 Å². The smallest absolute Gasteiger partial charge is 0.262 e. The van der Waals surface area contributed by atoms with E-state index in [2.05, 4.69) is 171 Å². The Morgan fingerprint density at radius 3 is 1.42 bits per heavy atom. The molecule has 4 nitrogen and oxygen atoms in total. The van der Waals surface area contributed by atoms with Crippen molar-refractivity contribution in [3.05, 3.63) is 118 Å². The summed E-state index contributed by atoms with van der Waals surface area (Å²) >= 11 is 3.78. The SMILES string of the molecule is CCN1/C(=C/C=C/c2sc3cc4sc(/C=C/C=C5/N(CC)c6ccccc6C5(C)C)[n+](CC)c4cc3[n+]2CC)C(C)(C)c2ccccc21. The standard InChI is InChI=1S/C42H48N4S2/c1-9-43-31-21-15-13-19-29(31)41(5,6)37(43)23-17-25-39-45(11-3)33-27-34-36(28-35(33)47-39)48-40(46(34)12-4)26-18-24-38-42(7,8)30-20-14-16-22-32(30)44(38)10-2/h13-28H,9-12H2,1-8H3/q+2. The molecule has 0 atom stereocenters. The van der Waals surface area contributed by atoms with Crippen LogP contribution < -0.4 is 18.9 Å². The van der Waals surface area contributed by atoms with Crippen molar-refractivity contribution in [2.45, 2.75) is 79.3 Å². The van der Waals surface area contributed by atoms with Crippen LogP contribution in [0.5, 0.6) is 0 Å². The Balaban J connectivity index is 1.21. The highest BCUT2D eigenvalue weighted by Crippen LogP contribution is 2.48. The van der Waals surface area contributed by atoms with Gasteiger partial charge in [-0.25, -0.2) is 0 Å². The van der Waals surface area contributed by atoms with Crippen LogP contribution >= 0.6 is 22.7 Å². The van der Waals surface area contributed by atoms with Gasteiger partial charge in [0, 0.05) is 58.8 Å². The van der Waals surface area contributed by atoms with Crippen LogP contribution in [0.4, 0.5) is 11.4 Å². The van der Waals surface area contributed by atoms with E-state index in [0.29, 0.717) is 0 Å². The van der Waals surface area contributed by atoms with Crippen LogP contribution in [-0.4, -0.2) is 13.1 Å². The van der Waals surface area contributed by atoms with E-state index in [4.69, 9.17) is 0 Å². The molecule has 4 heterocycles. The van der Waals surface area contributed by atoms with E-state index >= 15 is 0 Å². The van der Waals surface area contributed by atoms with Gasteiger partial charge in [-0.2, -0.15) is 9.13 Å². The van der Waals surface area contributed by atoms with E-state index in [0.717, 1.165) is 26.2 Å². The molecule has 5 aromatic rings. The second kappa shape index (κ2) is 12.5. The van der Waals surface area contributed by atoms with E-state index in [9.17, 15) is 0 Å². The quantitative estimate of drug-likeness (QED) is 0.152. The zero-order valence-electron chi connectivity index (χ0n) is 29.7. The monoisotopic (exact) mass is 672 g/mol. The Hall–Kier alpha value is -4.00. The summed E-state index contributed by atoms with van der Waals surface area (Å²) in [6.45, 7) is 22.2. The maximum Gasteiger partial charge on any atom is 0.262 e. The van der Waals surface area contributed by atoms with Gasteiger partial charge in [-0.3, -0.25) is 0 Å². The lowest BCUT2D eigenvalue weighted by molar-refractivity contribution is -0.669. The van der Waals surface area contributed by atoms with Crippen molar-refractivity contribution in [3.8, 4) is 0 Å². The molecule has 0 bridgehead atoms. The second-order valence-corrected chi connectivity index (χ2v) is 15.9. The lowest BCUT2D eigenvalue weighted by atomic mass is 9.84. The highest BCUT2D eigenvalue weighted by molar-refractivity contribution is 7.21. The number of fused-ring (bicyclic) bond motifs is 4. The number of allylic oxidation sites excluding steroid dienone is 6. The Labute approximate surface area is 294 Å². The first-order chi connectivity index (χ1) is 23.1. The molecule has 0 amide bonds. The van der Waals surface area contributed by atoms with Gasteiger partial charge >= 0.3 is 0 Å². The fourth-order valence-electron chi connectivity index (χ4n) is 8.00. The summed E-state index contributed by atoms with van der Waals surface area (Å²) in [5.41, 5.74) is 10.8. The van der Waals surface area contributed by atoms with Crippen molar-refractivity contribution in [2.75, 3.05) is 22.9 Å². The number of anilines is 2. The molecule has 0 saturated heterocycles. The molecule has 2 aliphatic heterocycles. The van der Waals surface area contributed by atoms with Gasteiger partial charge < -0.3 is 9.80 Å². The first kappa shape index (κ1) is 32.5. The molecule has 0 fully saturated rings. The molecule has 0 aliphatic carbocycles. The van der Waals surface area contributed by atoms with Crippen molar-refractivity contribution in [2.24, 2.45) is 0 Å². The van der Waals surface area contributed by atoms with Crippen molar-refractivity contribution < 1.29 is 9.13 Å². The van der Waals surface area contributed by atoms with Crippen LogP contribution in [-0.2, 0) is 23.9 Å². The fourth-order valence-corrected chi connectivity index (χ4v) is 10.4. The van der Waals surface area contributed by atoms with Gasteiger partial charge in [0.1, 0.15) is 22.5 Å². The summed E-state index contributed by atoms with van der Waals surface area (Å²) in [5, 5.41) is 2.57. The minimum atomic E-state index is -0.0216. The molecular formula is C42H48N4S2+2. The molecule has 6 heteroatoms. The molecule has 246 valence electrons. The van der Waals surface area contributed by atoms with Crippen molar-refractivity contribution in [1.29, 1.82) is 0 Å². The molecule has 0 spiro atoms. The number of thiazole rings is 2. The third-order valence-corrected chi connectivity index (χ3v) is 12.7. The highest BCUT2D eigenvalue weighted by atomic mass is 32.1. The molecule has 3 aromatic carbocycles. The third kappa shape index (κ3) is 5.07. The molecule has 7 rings (SSSR count). The minimum absolute atomic E-state index is 0.0216. The van der Waals surface area contributed by atoms with Crippen LogP contribution in [0, 0.1) is 0 Å². The third-order valence-electron chi connectivity index (χ3n) is 10.4. The first-order valence-electron chi connectivity index (χ1n) is 17.5. The predicted molar refractivity (Wildman–Crippen MR) is 208 cm³/mol. The molecule has 0 unspecified atom stereocenters. The van der Waals surface area contributed by atoms with Gasteiger partial charge in [0.15, 0.2) is 0 Å². The van der Waals surface area contributed by atoms with Crippen LogP contribution in [0.2, 0.25) is 0 Å². The summed E-state index contributed by atoms with van der Waals surface area (Å²) in [4.78, 5) is 4.93. The van der Waals surface area contributed by atoms with Gasteiger partial charge in [0.25, 0.3) is 10.0 Å². The number of hydrogen-bond acceptors (Lipinski definition) is 4. The van der Waals surface area contributed by atoms with Crippen LogP contribution in [0.15, 0.2) is 96.4 Å². The van der Waals surface area contributed by atoms with E-state index < -0.39 is 0 Å². The molecule has 0 saturated carbocycles. The molecule has 0 N–H and O–H groups in total. The van der Waals surface area contributed by atoms with Crippen LogP contribution in [0.3, 0.4) is 0 Å². The topological polar surface area (TPSA) is 14.2 Å². The highest BCUT2D eigenvalue weighted by Gasteiger charge is 2.40. The number of nitrogens with zero attached hydrogens (tertiary/aromatic N) is 4. The second-order valence-electron chi connectivity index (χ2n) is 13.8. The minimum Gasteiger partial charge on any atom is -0.344 e. The summed E-state index contributed by atoms with van der Waals surface area (Å²) in [7, 11) is 0. The van der Waals surface area contributed by atoms with Gasteiger partial charge in [0.2, 0.25) is 11.0 Å². The molecule has 0 radical (unpaired) electrons. The van der Waals surface area contributed by atoms with Gasteiger partial charge in [-0.05, 0) is 69.2 Å². The van der Waals surface area contributed by atoms with Crippen molar-refractivity contribution in [1.82, 2.24) is 0 Å². The van der Waals surface area contributed by atoms with Gasteiger partial charge in [-0.1, -0.05) is 98.9 Å². The lowest BCUT2D eigenvalue weighted by Gasteiger charge is -2.25. The average Bonchev–Trinajstić information content (AvgIpc) is 3.74. The number of para-hydroxylation sites is 2. The van der Waals surface area contributed by atoms with E-state index in [1.807, 2.05) is 22.7 Å². The summed E-state index contributed by atoms with van der Waals surface area (Å²) in [6.07, 6.45) is 13.8. The normalized spacial score (nSPS) is 18.5. The number of rotatable bonds is 8. The zero-order chi connectivity index (χ0) is 33.8. The summed E-state index contributed by atoms with van der Waals surface area (Å²) in [6, 6.07) is 22.5. The molecular weight excluding hydrogens is 625 g/mol. The first-order valence-corrected chi connectivity index (χ1v) is 19.1. The molecule has 2 aromatic heterocycles. The van der Waals surface area contributed by atoms with E-state index in [1.54, 1.807) is 0 Å². The number of aryl methyl sites for hydroxylation is 2. The Kier molecular flexibility index (Phi) is 8.45. The fraction of sp³-hybridized carbons (Fsp3) is 0.333. The predicted octanol–water partition coefficient (Wildman–Crippen LogP) is 10.2. The Morgan fingerprint density at radius 2 is 1.02 bits per heavy atom. The number of likely N-dealkylation sites (N-methyl/N-ethyl adjacent to an activating group) is 2. The molecule has 48 heavy (non-hydrogen) atoms. The van der Waals surface area contributed by atoms with Gasteiger partial charge in [0.05, 0.1) is 6.07 Å². The van der Waals surface area contributed by atoms with Crippen LogP contribution in [0.25, 0.3) is 32.6 Å².